The Bertz CT molecular complexity index is 505. The quantitative estimate of drug-likeness (QED) is 0.561. The Morgan fingerprint density at radius 2 is 1.80 bits per heavy atom. The van der Waals surface area contributed by atoms with Crippen molar-refractivity contribution < 1.29 is 0 Å². The van der Waals surface area contributed by atoms with E-state index in [4.69, 9.17) is 5.41 Å². The first-order chi connectivity index (χ1) is 7.18. The molecule has 0 unspecified atom stereocenters. The normalized spacial score (nSPS) is 10.3. The van der Waals surface area contributed by atoms with Crippen LogP contribution < -0.4 is 0 Å². The van der Waals surface area contributed by atoms with Crippen LogP contribution in [0.1, 0.15) is 5.56 Å². The topological polar surface area (TPSA) is 52.9 Å². The Balaban J connectivity index is 2.52. The van der Waals surface area contributed by atoms with Crippen molar-refractivity contribution in [3.8, 4) is 0 Å². The summed E-state index contributed by atoms with van der Waals surface area (Å²) in [6.07, 6.45) is 3.32. The molecule has 4 nitrogen and oxygen atoms in total. The fourth-order valence-corrected chi connectivity index (χ4v) is 1.37. The third-order valence-corrected chi connectivity index (χ3v) is 2.19. The van der Waals surface area contributed by atoms with Crippen molar-refractivity contribution in [1.82, 2.24) is 14.9 Å². The molecule has 0 amide bonds. The highest BCUT2D eigenvalue weighted by atomic mass is 15.1. The van der Waals surface area contributed by atoms with Crippen LogP contribution in [0, 0.1) is 5.41 Å². The van der Waals surface area contributed by atoms with E-state index in [9.17, 15) is 0 Å². The van der Waals surface area contributed by atoms with Gasteiger partial charge in [0.05, 0.1) is 11.0 Å². The molecule has 0 aliphatic rings. The average molecular weight is 200 g/mol. The Morgan fingerprint density at radius 1 is 1.13 bits per heavy atom. The molecule has 1 N–H and O–H groups in total. The minimum absolute atomic E-state index is 0.475. The molecule has 76 valence electrons. The van der Waals surface area contributed by atoms with E-state index in [1.54, 1.807) is 17.3 Å². The molecule has 2 rings (SSSR count). The lowest BCUT2D eigenvalue weighted by Gasteiger charge is -2.13. The zero-order valence-electron chi connectivity index (χ0n) is 8.73. The SMILES string of the molecule is CN(C)C(=N)c1ccc2nccnc2c1. The van der Waals surface area contributed by atoms with Crippen molar-refractivity contribution in [3.63, 3.8) is 0 Å². The fourth-order valence-electron chi connectivity index (χ4n) is 1.37. The Morgan fingerprint density at radius 3 is 2.47 bits per heavy atom. The molecular weight excluding hydrogens is 188 g/mol. The van der Waals surface area contributed by atoms with E-state index in [2.05, 4.69) is 9.97 Å². The van der Waals surface area contributed by atoms with Crippen LogP contribution >= 0.6 is 0 Å². The van der Waals surface area contributed by atoms with Crippen LogP contribution in [0.2, 0.25) is 0 Å². The molecule has 0 bridgehead atoms. The number of hydrogen-bond acceptors (Lipinski definition) is 3. The van der Waals surface area contributed by atoms with Crippen LogP contribution in [-0.4, -0.2) is 34.8 Å². The highest BCUT2D eigenvalue weighted by molar-refractivity contribution is 5.98. The molecule has 0 atom stereocenters. The standard InChI is InChI=1S/C11H12N4/c1-15(2)11(12)8-3-4-9-10(7-8)14-6-5-13-9/h3-7,12H,1-2H3. The zero-order valence-corrected chi connectivity index (χ0v) is 8.73. The van der Waals surface area contributed by atoms with Crippen LogP contribution in [0.5, 0.6) is 0 Å². The van der Waals surface area contributed by atoms with E-state index in [0.717, 1.165) is 16.6 Å². The summed E-state index contributed by atoms with van der Waals surface area (Å²) in [5, 5.41) is 7.84. The van der Waals surface area contributed by atoms with E-state index >= 15 is 0 Å². The number of nitrogens with one attached hydrogen (secondary N) is 1. The lowest BCUT2D eigenvalue weighted by molar-refractivity contribution is 0.619. The van der Waals surface area contributed by atoms with Gasteiger partial charge >= 0.3 is 0 Å². The summed E-state index contributed by atoms with van der Waals surface area (Å²) in [5.74, 6) is 0.475. The highest BCUT2D eigenvalue weighted by Crippen LogP contribution is 2.11. The number of aromatic nitrogens is 2. The maximum Gasteiger partial charge on any atom is 0.127 e. The zero-order chi connectivity index (χ0) is 10.8. The van der Waals surface area contributed by atoms with Gasteiger partial charge in [-0.1, -0.05) is 0 Å². The first-order valence-corrected chi connectivity index (χ1v) is 4.65. The van der Waals surface area contributed by atoms with E-state index in [1.807, 2.05) is 32.3 Å². The van der Waals surface area contributed by atoms with E-state index < -0.39 is 0 Å². The number of rotatable bonds is 1. The molecule has 1 aromatic heterocycles. The Kier molecular flexibility index (Phi) is 2.33. The molecule has 0 spiro atoms. The highest BCUT2D eigenvalue weighted by Gasteiger charge is 2.04. The second-order valence-electron chi connectivity index (χ2n) is 3.50. The average Bonchev–Trinajstić information content (AvgIpc) is 2.27. The molecule has 0 aliphatic carbocycles. The Labute approximate surface area is 88.1 Å². The fraction of sp³-hybridized carbons (Fsp3) is 0.182. The third-order valence-electron chi connectivity index (χ3n) is 2.19. The van der Waals surface area contributed by atoms with Crippen LogP contribution in [0.25, 0.3) is 11.0 Å². The largest absolute Gasteiger partial charge is 0.363 e. The molecule has 1 aromatic carbocycles. The summed E-state index contributed by atoms with van der Waals surface area (Å²) in [5.41, 5.74) is 2.53. The van der Waals surface area contributed by atoms with E-state index in [-0.39, 0.29) is 0 Å². The molecule has 2 aromatic rings. The minimum atomic E-state index is 0.475. The summed E-state index contributed by atoms with van der Waals surface area (Å²) in [6.45, 7) is 0. The van der Waals surface area contributed by atoms with Crippen molar-refractivity contribution >= 4 is 16.9 Å². The van der Waals surface area contributed by atoms with Crippen molar-refractivity contribution in [1.29, 1.82) is 5.41 Å². The molecule has 0 saturated carbocycles. The van der Waals surface area contributed by atoms with Crippen LogP contribution in [-0.2, 0) is 0 Å². The van der Waals surface area contributed by atoms with Gasteiger partial charge in [0.2, 0.25) is 0 Å². The number of nitrogens with zero attached hydrogens (tertiary/aromatic N) is 3. The number of amidine groups is 1. The molecule has 0 radical (unpaired) electrons. The molecule has 15 heavy (non-hydrogen) atoms. The third kappa shape index (κ3) is 1.79. The maximum absolute atomic E-state index is 7.84. The summed E-state index contributed by atoms with van der Waals surface area (Å²) in [6, 6.07) is 5.65. The molecule has 0 fully saturated rings. The van der Waals surface area contributed by atoms with Gasteiger partial charge < -0.3 is 4.90 Å². The van der Waals surface area contributed by atoms with Crippen molar-refractivity contribution in [2.75, 3.05) is 14.1 Å². The van der Waals surface area contributed by atoms with Crippen molar-refractivity contribution in [2.24, 2.45) is 0 Å². The molecular formula is C11H12N4. The molecule has 0 aliphatic heterocycles. The van der Waals surface area contributed by atoms with Gasteiger partial charge in [-0.25, -0.2) is 0 Å². The van der Waals surface area contributed by atoms with Gasteiger partial charge in [-0.2, -0.15) is 0 Å². The van der Waals surface area contributed by atoms with Crippen LogP contribution in [0.15, 0.2) is 30.6 Å². The smallest absolute Gasteiger partial charge is 0.127 e. The van der Waals surface area contributed by atoms with Crippen LogP contribution in [0.3, 0.4) is 0 Å². The van der Waals surface area contributed by atoms with E-state index in [0.29, 0.717) is 5.84 Å². The van der Waals surface area contributed by atoms with Gasteiger partial charge in [0.1, 0.15) is 5.84 Å². The monoisotopic (exact) mass is 200 g/mol. The first kappa shape index (κ1) is 9.58. The summed E-state index contributed by atoms with van der Waals surface area (Å²) in [4.78, 5) is 10.1. The predicted octanol–water partition coefficient (Wildman–Crippen LogP) is 1.52. The maximum atomic E-state index is 7.84. The molecule has 0 saturated heterocycles. The van der Waals surface area contributed by atoms with Gasteiger partial charge in [-0.05, 0) is 18.2 Å². The predicted molar refractivity (Wildman–Crippen MR) is 60.1 cm³/mol. The molecule has 4 heteroatoms. The minimum Gasteiger partial charge on any atom is -0.363 e. The van der Waals surface area contributed by atoms with Gasteiger partial charge in [-0.3, -0.25) is 15.4 Å². The second kappa shape index (κ2) is 3.65. The Hall–Kier alpha value is -1.97. The van der Waals surface area contributed by atoms with Crippen LogP contribution in [0.4, 0.5) is 0 Å². The van der Waals surface area contributed by atoms with Crippen molar-refractivity contribution in [3.05, 3.63) is 36.2 Å². The number of hydrogen-bond donors (Lipinski definition) is 1. The van der Waals surface area contributed by atoms with Gasteiger partial charge in [0.25, 0.3) is 0 Å². The number of benzene rings is 1. The summed E-state index contributed by atoms with van der Waals surface area (Å²) < 4.78 is 0. The van der Waals surface area contributed by atoms with Crippen molar-refractivity contribution in [2.45, 2.75) is 0 Å². The summed E-state index contributed by atoms with van der Waals surface area (Å²) >= 11 is 0. The summed E-state index contributed by atoms with van der Waals surface area (Å²) in [7, 11) is 3.70. The van der Waals surface area contributed by atoms with E-state index in [1.165, 1.54) is 0 Å². The van der Waals surface area contributed by atoms with Gasteiger partial charge in [-0.15, -0.1) is 0 Å². The van der Waals surface area contributed by atoms with Gasteiger partial charge in [0.15, 0.2) is 0 Å². The lowest BCUT2D eigenvalue weighted by Crippen LogP contribution is -2.21. The molecule has 1 heterocycles. The van der Waals surface area contributed by atoms with Gasteiger partial charge in [0, 0.05) is 32.1 Å². The lowest BCUT2D eigenvalue weighted by atomic mass is 10.1. The first-order valence-electron chi connectivity index (χ1n) is 4.65. The second-order valence-corrected chi connectivity index (χ2v) is 3.50. The number of fused-ring (bicyclic) bond motifs is 1.